The first-order valence-corrected chi connectivity index (χ1v) is 6.55. The Balaban J connectivity index is 2.48. The van der Waals surface area contributed by atoms with Crippen molar-refractivity contribution in [2.24, 2.45) is 0 Å². The van der Waals surface area contributed by atoms with Gasteiger partial charge in [-0.25, -0.2) is 4.39 Å². The third kappa shape index (κ3) is 2.36. The highest BCUT2D eigenvalue weighted by molar-refractivity contribution is 7.10. The van der Waals surface area contributed by atoms with Crippen molar-refractivity contribution in [2.45, 2.75) is 13.0 Å². The first kappa shape index (κ1) is 13.3. The van der Waals surface area contributed by atoms with Crippen LogP contribution in [0.15, 0.2) is 23.6 Å². The average molecular weight is 287 g/mol. The number of aryl methyl sites for hydroxylation is 1. The van der Waals surface area contributed by atoms with Crippen molar-refractivity contribution in [2.75, 3.05) is 7.11 Å². The van der Waals surface area contributed by atoms with Gasteiger partial charge in [0.15, 0.2) is 0 Å². The highest BCUT2D eigenvalue weighted by Gasteiger charge is 2.21. The molecule has 0 aliphatic heterocycles. The van der Waals surface area contributed by atoms with Crippen molar-refractivity contribution in [3.63, 3.8) is 0 Å². The first-order valence-electron chi connectivity index (χ1n) is 5.29. The van der Waals surface area contributed by atoms with Crippen LogP contribution in [0.3, 0.4) is 0 Å². The summed E-state index contributed by atoms with van der Waals surface area (Å²) in [6.07, 6.45) is -0.984. The van der Waals surface area contributed by atoms with Gasteiger partial charge in [0, 0.05) is 5.56 Å². The second-order valence-corrected chi connectivity index (χ2v) is 5.17. The standard InChI is InChI=1S/C13H12ClFO2S/c1-7-6-18-13(11(7)14)12(16)9-5-8(15)3-4-10(9)17-2/h3-6,12,16H,1-2H3. The molecule has 1 heterocycles. The normalized spacial score (nSPS) is 12.5. The van der Waals surface area contributed by atoms with Crippen molar-refractivity contribution >= 4 is 22.9 Å². The van der Waals surface area contributed by atoms with Gasteiger partial charge in [-0.3, -0.25) is 0 Å². The zero-order valence-electron chi connectivity index (χ0n) is 9.91. The van der Waals surface area contributed by atoms with Crippen molar-refractivity contribution in [1.82, 2.24) is 0 Å². The van der Waals surface area contributed by atoms with Gasteiger partial charge in [-0.2, -0.15) is 0 Å². The van der Waals surface area contributed by atoms with E-state index in [-0.39, 0.29) is 0 Å². The van der Waals surface area contributed by atoms with E-state index in [1.54, 1.807) is 0 Å². The molecule has 0 spiro atoms. The summed E-state index contributed by atoms with van der Waals surface area (Å²) in [5.74, 6) is 0.0141. The molecule has 0 saturated carbocycles. The van der Waals surface area contributed by atoms with E-state index in [1.807, 2.05) is 12.3 Å². The van der Waals surface area contributed by atoms with Crippen LogP contribution in [0.4, 0.5) is 4.39 Å². The number of ether oxygens (including phenoxy) is 1. The maximum atomic E-state index is 13.3. The van der Waals surface area contributed by atoms with Gasteiger partial charge in [-0.1, -0.05) is 11.6 Å². The highest BCUT2D eigenvalue weighted by atomic mass is 35.5. The van der Waals surface area contributed by atoms with Crippen LogP contribution in [0.1, 0.15) is 22.1 Å². The Morgan fingerprint density at radius 1 is 1.44 bits per heavy atom. The zero-order chi connectivity index (χ0) is 13.3. The lowest BCUT2D eigenvalue weighted by Crippen LogP contribution is -2.02. The van der Waals surface area contributed by atoms with E-state index in [0.29, 0.717) is 21.2 Å². The van der Waals surface area contributed by atoms with E-state index in [1.165, 1.54) is 36.6 Å². The molecular formula is C13H12ClFO2S. The maximum Gasteiger partial charge on any atom is 0.125 e. The van der Waals surface area contributed by atoms with Gasteiger partial charge in [0.1, 0.15) is 17.7 Å². The third-order valence-electron chi connectivity index (χ3n) is 2.66. The number of methoxy groups -OCH3 is 1. The van der Waals surface area contributed by atoms with Crippen LogP contribution in [0.2, 0.25) is 5.02 Å². The van der Waals surface area contributed by atoms with Gasteiger partial charge < -0.3 is 9.84 Å². The largest absolute Gasteiger partial charge is 0.496 e. The Hall–Kier alpha value is -1.10. The van der Waals surface area contributed by atoms with Gasteiger partial charge in [-0.15, -0.1) is 11.3 Å². The Bertz CT molecular complexity index is 568. The minimum atomic E-state index is -0.984. The predicted molar refractivity (Wildman–Crippen MR) is 71.1 cm³/mol. The lowest BCUT2D eigenvalue weighted by Gasteiger charge is -2.14. The summed E-state index contributed by atoms with van der Waals surface area (Å²) in [5, 5.41) is 12.7. The van der Waals surface area contributed by atoms with Gasteiger partial charge in [0.05, 0.1) is 17.0 Å². The average Bonchev–Trinajstić information content (AvgIpc) is 2.69. The molecule has 0 bridgehead atoms. The van der Waals surface area contributed by atoms with Crippen LogP contribution in [0, 0.1) is 12.7 Å². The molecule has 18 heavy (non-hydrogen) atoms. The fourth-order valence-electron chi connectivity index (χ4n) is 1.69. The number of rotatable bonds is 3. The Morgan fingerprint density at radius 2 is 2.17 bits per heavy atom. The van der Waals surface area contributed by atoms with E-state index in [9.17, 15) is 9.50 Å². The van der Waals surface area contributed by atoms with Crippen molar-refractivity contribution in [3.05, 3.63) is 50.4 Å². The highest BCUT2D eigenvalue weighted by Crippen LogP contribution is 2.38. The molecule has 2 rings (SSSR count). The van der Waals surface area contributed by atoms with Gasteiger partial charge >= 0.3 is 0 Å². The summed E-state index contributed by atoms with van der Waals surface area (Å²) >= 11 is 7.45. The molecule has 0 aliphatic rings. The lowest BCUT2D eigenvalue weighted by atomic mass is 10.1. The van der Waals surface area contributed by atoms with Crippen LogP contribution in [0.25, 0.3) is 0 Å². The SMILES string of the molecule is COc1ccc(F)cc1C(O)c1scc(C)c1Cl. The minimum Gasteiger partial charge on any atom is -0.496 e. The van der Waals surface area contributed by atoms with Gasteiger partial charge in [0.25, 0.3) is 0 Å². The first-order chi connectivity index (χ1) is 8.54. The van der Waals surface area contributed by atoms with Crippen molar-refractivity contribution < 1.29 is 14.2 Å². The number of thiophene rings is 1. The molecule has 0 radical (unpaired) electrons. The monoisotopic (exact) mass is 286 g/mol. The molecule has 5 heteroatoms. The van der Waals surface area contributed by atoms with Crippen LogP contribution >= 0.6 is 22.9 Å². The van der Waals surface area contributed by atoms with Gasteiger partial charge in [-0.05, 0) is 36.1 Å². The number of hydrogen-bond acceptors (Lipinski definition) is 3. The fourth-order valence-corrected chi connectivity index (χ4v) is 2.99. The second kappa shape index (κ2) is 5.26. The van der Waals surface area contributed by atoms with Crippen LogP contribution < -0.4 is 4.74 Å². The van der Waals surface area contributed by atoms with E-state index in [2.05, 4.69) is 0 Å². The van der Waals surface area contributed by atoms with Crippen LogP contribution in [-0.4, -0.2) is 12.2 Å². The Kier molecular flexibility index (Phi) is 3.90. The van der Waals surface area contributed by atoms with Crippen molar-refractivity contribution in [1.29, 1.82) is 0 Å². The molecule has 0 amide bonds. The Labute approximate surface area is 114 Å². The van der Waals surface area contributed by atoms with Crippen LogP contribution in [0.5, 0.6) is 5.75 Å². The molecule has 2 nitrogen and oxygen atoms in total. The molecule has 1 atom stereocenters. The van der Waals surface area contributed by atoms with Gasteiger partial charge in [0.2, 0.25) is 0 Å². The summed E-state index contributed by atoms with van der Waals surface area (Å²) in [7, 11) is 1.48. The zero-order valence-corrected chi connectivity index (χ0v) is 11.5. The minimum absolute atomic E-state index is 0.376. The molecule has 1 aromatic heterocycles. The van der Waals surface area contributed by atoms with Crippen LogP contribution in [-0.2, 0) is 0 Å². The predicted octanol–water partition coefficient (Wildman–Crippen LogP) is 3.94. The number of aliphatic hydroxyl groups is 1. The van der Waals surface area contributed by atoms with E-state index in [0.717, 1.165) is 5.56 Å². The fraction of sp³-hybridized carbons (Fsp3) is 0.231. The van der Waals surface area contributed by atoms with E-state index in [4.69, 9.17) is 16.3 Å². The smallest absolute Gasteiger partial charge is 0.125 e. The molecular weight excluding hydrogens is 275 g/mol. The molecule has 0 aliphatic carbocycles. The summed E-state index contributed by atoms with van der Waals surface area (Å²) < 4.78 is 18.4. The number of halogens is 2. The lowest BCUT2D eigenvalue weighted by molar-refractivity contribution is 0.218. The summed E-state index contributed by atoms with van der Waals surface area (Å²) in [6, 6.07) is 4.04. The van der Waals surface area contributed by atoms with Crippen molar-refractivity contribution in [3.8, 4) is 5.75 Å². The molecule has 1 unspecified atom stereocenters. The number of hydrogen-bond donors (Lipinski definition) is 1. The third-order valence-corrected chi connectivity index (χ3v) is 4.43. The topological polar surface area (TPSA) is 29.5 Å². The Morgan fingerprint density at radius 3 is 2.72 bits per heavy atom. The molecule has 2 aromatic rings. The van der Waals surface area contributed by atoms with E-state index >= 15 is 0 Å². The second-order valence-electron chi connectivity index (χ2n) is 3.89. The number of aliphatic hydroxyl groups excluding tert-OH is 1. The van der Waals surface area contributed by atoms with E-state index < -0.39 is 11.9 Å². The summed E-state index contributed by atoms with van der Waals surface area (Å²) in [4.78, 5) is 0.595. The molecule has 96 valence electrons. The quantitative estimate of drug-likeness (QED) is 0.926. The molecule has 1 N–H and O–H groups in total. The molecule has 0 saturated heterocycles. The maximum absolute atomic E-state index is 13.3. The molecule has 0 fully saturated rings. The number of benzene rings is 1. The molecule has 1 aromatic carbocycles. The summed E-state index contributed by atoms with van der Waals surface area (Å²) in [6.45, 7) is 1.86. The summed E-state index contributed by atoms with van der Waals surface area (Å²) in [5.41, 5.74) is 1.27.